The zero-order valence-electron chi connectivity index (χ0n) is 16.3. The highest BCUT2D eigenvalue weighted by Crippen LogP contribution is 2.32. The van der Waals surface area contributed by atoms with Gasteiger partial charge in [0.2, 0.25) is 0 Å². The molecule has 0 saturated carbocycles. The molecule has 3 nitrogen and oxygen atoms in total. The zero-order valence-corrected chi connectivity index (χ0v) is 17.1. The molecule has 0 aliphatic heterocycles. The Balaban J connectivity index is 1.74. The molecular weight excluding hydrogens is 370 g/mol. The molecule has 3 aromatic carbocycles. The smallest absolute Gasteiger partial charge is 0.166 e. The Labute approximate surface area is 172 Å². The van der Waals surface area contributed by atoms with Gasteiger partial charge in [-0.25, -0.2) is 0 Å². The number of nitrogens with one attached hydrogen (secondary N) is 1. The predicted octanol–water partition coefficient (Wildman–Crippen LogP) is 6.17. The molecule has 0 spiro atoms. The monoisotopic (exact) mass is 395 g/mol. The number of ether oxygens (including phenoxy) is 2. The highest BCUT2D eigenvalue weighted by atomic mass is 35.5. The second kappa shape index (κ2) is 10.2. The van der Waals surface area contributed by atoms with Crippen molar-refractivity contribution in [1.82, 2.24) is 5.32 Å². The molecule has 0 amide bonds. The second-order valence-corrected chi connectivity index (χ2v) is 7.04. The van der Waals surface area contributed by atoms with E-state index in [4.69, 9.17) is 21.1 Å². The minimum Gasteiger partial charge on any atom is -0.490 e. The molecule has 0 aromatic heterocycles. The van der Waals surface area contributed by atoms with Crippen molar-refractivity contribution in [3.63, 3.8) is 0 Å². The molecule has 1 N–H and O–H groups in total. The summed E-state index contributed by atoms with van der Waals surface area (Å²) in [6, 6.07) is 24.4. The molecule has 28 heavy (non-hydrogen) atoms. The summed E-state index contributed by atoms with van der Waals surface area (Å²) in [5, 5.41) is 4.30. The Hall–Kier alpha value is -2.49. The van der Waals surface area contributed by atoms with Gasteiger partial charge in [-0.2, -0.15) is 0 Å². The molecule has 3 rings (SSSR count). The highest BCUT2D eigenvalue weighted by Gasteiger charge is 2.13. The number of hydrogen-bond acceptors (Lipinski definition) is 3. The van der Waals surface area contributed by atoms with Crippen LogP contribution in [0.5, 0.6) is 11.5 Å². The van der Waals surface area contributed by atoms with E-state index in [1.807, 2.05) is 49.4 Å². The summed E-state index contributed by atoms with van der Waals surface area (Å²) in [6.45, 7) is 5.88. The Morgan fingerprint density at radius 1 is 0.893 bits per heavy atom. The summed E-state index contributed by atoms with van der Waals surface area (Å²) in [6.07, 6.45) is 0. The maximum absolute atomic E-state index is 6.18. The van der Waals surface area contributed by atoms with Crippen LogP contribution in [-0.2, 0) is 13.2 Å². The average molecular weight is 396 g/mol. The first-order chi connectivity index (χ1) is 13.7. The molecule has 0 aliphatic carbocycles. The van der Waals surface area contributed by atoms with Crippen molar-refractivity contribution in [2.75, 3.05) is 6.61 Å². The molecule has 0 radical (unpaired) electrons. The summed E-state index contributed by atoms with van der Waals surface area (Å²) in [4.78, 5) is 0. The molecule has 0 aliphatic rings. The van der Waals surface area contributed by atoms with E-state index >= 15 is 0 Å². The summed E-state index contributed by atoms with van der Waals surface area (Å²) in [5.74, 6) is 1.55. The quantitative estimate of drug-likeness (QED) is 0.470. The fraction of sp³-hybridized carbons (Fsp3) is 0.250. The summed E-state index contributed by atoms with van der Waals surface area (Å²) < 4.78 is 12.0. The standard InChI is InChI=1S/C24H26ClNO2/c1-3-27-23-11-7-10-21(16-26-18(2)20-8-5-4-6-9-20)24(23)28-17-19-12-14-22(25)15-13-19/h4-15,18,26H,3,16-17H2,1-2H3/t18-/m0/s1. The van der Waals surface area contributed by atoms with Crippen LogP contribution in [0.2, 0.25) is 5.02 Å². The van der Waals surface area contributed by atoms with Crippen molar-refractivity contribution in [2.24, 2.45) is 0 Å². The topological polar surface area (TPSA) is 30.5 Å². The van der Waals surface area contributed by atoms with E-state index in [2.05, 4.69) is 42.6 Å². The molecule has 0 bridgehead atoms. The first-order valence-corrected chi connectivity index (χ1v) is 9.95. The third kappa shape index (κ3) is 5.51. The molecule has 3 aromatic rings. The number of benzene rings is 3. The molecule has 4 heteroatoms. The maximum atomic E-state index is 6.18. The number of hydrogen-bond donors (Lipinski definition) is 1. The molecule has 146 valence electrons. The molecule has 1 atom stereocenters. The van der Waals surface area contributed by atoms with Gasteiger partial charge in [-0.3, -0.25) is 0 Å². The van der Waals surface area contributed by atoms with Crippen LogP contribution in [0.15, 0.2) is 72.8 Å². The van der Waals surface area contributed by atoms with Crippen LogP contribution in [0.25, 0.3) is 0 Å². The van der Waals surface area contributed by atoms with Crippen molar-refractivity contribution >= 4 is 11.6 Å². The van der Waals surface area contributed by atoms with Gasteiger partial charge in [0, 0.05) is 23.2 Å². The Bertz CT molecular complexity index is 866. The van der Waals surface area contributed by atoms with Crippen LogP contribution < -0.4 is 14.8 Å². The lowest BCUT2D eigenvalue weighted by molar-refractivity contribution is 0.266. The van der Waals surface area contributed by atoms with E-state index < -0.39 is 0 Å². The predicted molar refractivity (Wildman–Crippen MR) is 115 cm³/mol. The van der Waals surface area contributed by atoms with Crippen molar-refractivity contribution in [1.29, 1.82) is 0 Å². The maximum Gasteiger partial charge on any atom is 0.166 e. The third-order valence-electron chi connectivity index (χ3n) is 4.55. The van der Waals surface area contributed by atoms with Gasteiger partial charge in [0.25, 0.3) is 0 Å². The van der Waals surface area contributed by atoms with Crippen molar-refractivity contribution in [3.05, 3.63) is 94.5 Å². The van der Waals surface area contributed by atoms with E-state index in [0.29, 0.717) is 19.8 Å². The van der Waals surface area contributed by atoms with Gasteiger partial charge in [-0.15, -0.1) is 0 Å². The van der Waals surface area contributed by atoms with Crippen LogP contribution in [0.1, 0.15) is 36.6 Å². The number of halogens is 1. The van der Waals surface area contributed by atoms with Gasteiger partial charge < -0.3 is 14.8 Å². The van der Waals surface area contributed by atoms with Crippen LogP contribution in [0.3, 0.4) is 0 Å². The molecule has 0 saturated heterocycles. The lowest BCUT2D eigenvalue weighted by Crippen LogP contribution is -2.18. The van der Waals surface area contributed by atoms with E-state index in [0.717, 1.165) is 27.6 Å². The van der Waals surface area contributed by atoms with Gasteiger partial charge in [0.15, 0.2) is 11.5 Å². The SMILES string of the molecule is CCOc1cccc(CN[C@@H](C)c2ccccc2)c1OCc1ccc(Cl)cc1. The summed E-state index contributed by atoms with van der Waals surface area (Å²) >= 11 is 5.97. The van der Waals surface area contributed by atoms with Crippen LogP contribution in [0.4, 0.5) is 0 Å². The minimum atomic E-state index is 0.237. The second-order valence-electron chi connectivity index (χ2n) is 6.61. The van der Waals surface area contributed by atoms with E-state index in [9.17, 15) is 0 Å². The molecule has 0 fully saturated rings. The minimum absolute atomic E-state index is 0.237. The van der Waals surface area contributed by atoms with Gasteiger partial charge in [-0.05, 0) is 43.2 Å². The summed E-state index contributed by atoms with van der Waals surface area (Å²) in [5.41, 5.74) is 3.39. The number of rotatable bonds is 9. The van der Waals surface area contributed by atoms with E-state index in [-0.39, 0.29) is 6.04 Å². The van der Waals surface area contributed by atoms with Crippen LogP contribution >= 0.6 is 11.6 Å². The van der Waals surface area contributed by atoms with Gasteiger partial charge >= 0.3 is 0 Å². The zero-order chi connectivity index (χ0) is 19.8. The first-order valence-electron chi connectivity index (χ1n) is 9.57. The van der Waals surface area contributed by atoms with E-state index in [1.54, 1.807) is 0 Å². The van der Waals surface area contributed by atoms with Crippen molar-refractivity contribution in [3.8, 4) is 11.5 Å². The van der Waals surface area contributed by atoms with Crippen molar-refractivity contribution < 1.29 is 9.47 Å². The Kier molecular flexibility index (Phi) is 7.35. The van der Waals surface area contributed by atoms with Crippen molar-refractivity contribution in [2.45, 2.75) is 33.0 Å². The van der Waals surface area contributed by atoms with Gasteiger partial charge in [0.1, 0.15) is 6.61 Å². The molecular formula is C24H26ClNO2. The molecule has 0 heterocycles. The Morgan fingerprint density at radius 3 is 2.36 bits per heavy atom. The fourth-order valence-corrected chi connectivity index (χ4v) is 3.12. The van der Waals surface area contributed by atoms with Gasteiger partial charge in [0.05, 0.1) is 6.61 Å². The lowest BCUT2D eigenvalue weighted by atomic mass is 10.1. The molecule has 0 unspecified atom stereocenters. The Morgan fingerprint density at radius 2 is 1.64 bits per heavy atom. The van der Waals surface area contributed by atoms with Crippen LogP contribution in [0, 0.1) is 0 Å². The van der Waals surface area contributed by atoms with E-state index in [1.165, 1.54) is 5.56 Å². The number of para-hydroxylation sites is 1. The normalized spacial score (nSPS) is 11.8. The first kappa shape index (κ1) is 20.2. The third-order valence-corrected chi connectivity index (χ3v) is 4.81. The largest absolute Gasteiger partial charge is 0.490 e. The fourth-order valence-electron chi connectivity index (χ4n) is 2.99. The average Bonchev–Trinajstić information content (AvgIpc) is 2.73. The van der Waals surface area contributed by atoms with Gasteiger partial charge in [-0.1, -0.05) is 66.2 Å². The summed E-state index contributed by atoms with van der Waals surface area (Å²) in [7, 11) is 0. The highest BCUT2D eigenvalue weighted by molar-refractivity contribution is 6.30. The lowest BCUT2D eigenvalue weighted by Gasteiger charge is -2.19. The van der Waals surface area contributed by atoms with Crippen LogP contribution in [-0.4, -0.2) is 6.61 Å².